The van der Waals surface area contributed by atoms with Gasteiger partial charge in [0.1, 0.15) is 5.75 Å². The van der Waals surface area contributed by atoms with E-state index in [-0.39, 0.29) is 22.8 Å². The summed E-state index contributed by atoms with van der Waals surface area (Å²) in [5, 5.41) is 9.86. The zero-order valence-corrected chi connectivity index (χ0v) is 20.1. The Kier molecular flexibility index (Phi) is 7.22. The van der Waals surface area contributed by atoms with Crippen molar-refractivity contribution in [2.24, 2.45) is 0 Å². The lowest BCUT2D eigenvalue weighted by molar-refractivity contribution is -0.376. The Morgan fingerprint density at radius 3 is 2.27 bits per heavy atom. The molecule has 1 amide bonds. The van der Waals surface area contributed by atoms with E-state index >= 15 is 0 Å². The minimum absolute atomic E-state index is 0.0185. The molecule has 0 radical (unpaired) electrons. The maximum absolute atomic E-state index is 13.5. The molecule has 1 aliphatic heterocycles. The van der Waals surface area contributed by atoms with Gasteiger partial charge in [0.15, 0.2) is 0 Å². The highest BCUT2D eigenvalue weighted by Gasteiger charge is 2.71. The lowest BCUT2D eigenvalue weighted by atomic mass is 9.91. The van der Waals surface area contributed by atoms with E-state index in [2.05, 4.69) is 0 Å². The van der Waals surface area contributed by atoms with Gasteiger partial charge < -0.3 is 14.7 Å². The molecule has 1 N–H and O–H groups in total. The highest BCUT2D eigenvalue weighted by Crippen LogP contribution is 2.52. The Bertz CT molecular complexity index is 1270. The van der Waals surface area contributed by atoms with Gasteiger partial charge in [-0.3, -0.25) is 4.79 Å². The van der Waals surface area contributed by atoms with Gasteiger partial charge in [0.25, 0.3) is 5.60 Å². The Morgan fingerprint density at radius 2 is 1.65 bits per heavy atom. The number of ether oxygens (including phenoxy) is 1. The van der Waals surface area contributed by atoms with E-state index in [1.807, 2.05) is 0 Å². The van der Waals surface area contributed by atoms with Gasteiger partial charge in [0.05, 0.1) is 25.3 Å². The molecule has 1 atom stereocenters. The molecule has 1 unspecified atom stereocenters. The smallest absolute Gasteiger partial charge is 0.430 e. The van der Waals surface area contributed by atoms with Gasteiger partial charge in [0, 0.05) is 16.2 Å². The Hall–Kier alpha value is -3.18. The number of aliphatic hydroxyl groups is 1. The summed E-state index contributed by atoms with van der Waals surface area (Å²) in [5.41, 5.74) is -4.89. The zero-order chi connectivity index (χ0) is 27.0. The van der Waals surface area contributed by atoms with Crippen LogP contribution in [0, 0.1) is 0 Å². The summed E-state index contributed by atoms with van der Waals surface area (Å²) >= 11 is 1.00. The highest BCUT2D eigenvalue weighted by atomic mass is 32.2. The summed E-state index contributed by atoms with van der Waals surface area (Å²) in [4.78, 5) is 14.9. The van der Waals surface area contributed by atoms with Gasteiger partial charge in [-0.1, -0.05) is 48.5 Å². The molecule has 0 aromatic heterocycles. The van der Waals surface area contributed by atoms with E-state index < -0.39 is 35.5 Å². The molecule has 0 spiro atoms. The number of amides is 1. The van der Waals surface area contributed by atoms with Crippen LogP contribution in [0.1, 0.15) is 22.7 Å². The minimum atomic E-state index is -6.01. The molecule has 1 aliphatic rings. The molecule has 0 saturated heterocycles. The van der Waals surface area contributed by atoms with E-state index in [1.54, 1.807) is 54.6 Å². The fourth-order valence-electron chi connectivity index (χ4n) is 4.21. The number of nitrogens with zero attached hydrogens (tertiary/aromatic N) is 1. The molecule has 0 saturated carbocycles. The van der Waals surface area contributed by atoms with Crippen LogP contribution in [0.25, 0.3) is 0 Å². The summed E-state index contributed by atoms with van der Waals surface area (Å²) in [6.07, 6.45) is -12.1. The Labute approximate surface area is 212 Å². The predicted molar refractivity (Wildman–Crippen MR) is 127 cm³/mol. The quantitative estimate of drug-likeness (QED) is 0.379. The topological polar surface area (TPSA) is 49.8 Å². The number of rotatable bonds is 5. The van der Waals surface area contributed by atoms with E-state index in [0.717, 1.165) is 17.8 Å². The SMILES string of the molecule is COc1cccc(C2CSc3cc(C(O)(C(F)(F)F)C(F)(F)F)ccc3N2C(=O)Cc2ccccc2)c1. The van der Waals surface area contributed by atoms with Crippen molar-refractivity contribution in [1.29, 1.82) is 0 Å². The monoisotopic (exact) mass is 541 g/mol. The highest BCUT2D eigenvalue weighted by molar-refractivity contribution is 7.99. The van der Waals surface area contributed by atoms with Gasteiger partial charge in [-0.15, -0.1) is 11.8 Å². The minimum Gasteiger partial charge on any atom is -0.497 e. The number of hydrogen-bond donors (Lipinski definition) is 1. The van der Waals surface area contributed by atoms with Crippen molar-refractivity contribution in [3.8, 4) is 5.75 Å². The van der Waals surface area contributed by atoms with Crippen LogP contribution >= 0.6 is 11.8 Å². The number of hydrogen-bond acceptors (Lipinski definition) is 4. The molecule has 0 bridgehead atoms. The van der Waals surface area contributed by atoms with Crippen LogP contribution in [0.3, 0.4) is 0 Å². The predicted octanol–water partition coefficient (Wildman–Crippen LogP) is 6.43. The molecule has 0 fully saturated rings. The first kappa shape index (κ1) is 26.9. The molecule has 37 heavy (non-hydrogen) atoms. The first-order chi connectivity index (χ1) is 17.4. The van der Waals surface area contributed by atoms with Crippen molar-refractivity contribution in [2.45, 2.75) is 35.3 Å². The second kappa shape index (κ2) is 9.94. The second-order valence-corrected chi connectivity index (χ2v) is 9.48. The number of fused-ring (bicyclic) bond motifs is 1. The Balaban J connectivity index is 1.81. The van der Waals surface area contributed by atoms with Crippen LogP contribution in [-0.2, 0) is 16.8 Å². The fourth-order valence-corrected chi connectivity index (χ4v) is 5.41. The number of carbonyl (C=O) groups excluding carboxylic acids is 1. The van der Waals surface area contributed by atoms with Crippen LogP contribution in [0.5, 0.6) is 5.75 Å². The lowest BCUT2D eigenvalue weighted by Gasteiger charge is -2.39. The summed E-state index contributed by atoms with van der Waals surface area (Å²) in [6.45, 7) is 0. The summed E-state index contributed by atoms with van der Waals surface area (Å²) < 4.78 is 86.1. The van der Waals surface area contributed by atoms with Crippen molar-refractivity contribution >= 4 is 23.4 Å². The van der Waals surface area contributed by atoms with E-state index in [9.17, 15) is 36.2 Å². The fraction of sp³-hybridized carbons (Fsp3) is 0.269. The van der Waals surface area contributed by atoms with Gasteiger partial charge in [-0.25, -0.2) is 0 Å². The first-order valence-corrected chi connectivity index (χ1v) is 12.0. The van der Waals surface area contributed by atoms with Gasteiger partial charge in [0.2, 0.25) is 5.91 Å². The van der Waals surface area contributed by atoms with Gasteiger partial charge >= 0.3 is 12.4 Å². The van der Waals surface area contributed by atoms with Crippen molar-refractivity contribution in [3.05, 3.63) is 89.5 Å². The third-order valence-corrected chi connectivity index (χ3v) is 7.23. The van der Waals surface area contributed by atoms with Crippen LogP contribution in [0.15, 0.2) is 77.7 Å². The molecule has 11 heteroatoms. The van der Waals surface area contributed by atoms with Crippen molar-refractivity contribution in [2.75, 3.05) is 17.8 Å². The maximum atomic E-state index is 13.5. The maximum Gasteiger partial charge on any atom is 0.430 e. The molecule has 3 aromatic rings. The molecule has 196 valence electrons. The Morgan fingerprint density at radius 1 is 0.973 bits per heavy atom. The lowest BCUT2D eigenvalue weighted by Crippen LogP contribution is -2.54. The van der Waals surface area contributed by atoms with Crippen molar-refractivity contribution in [3.63, 3.8) is 0 Å². The van der Waals surface area contributed by atoms with Crippen molar-refractivity contribution in [1.82, 2.24) is 0 Å². The molecular formula is C26H21F6NO3S. The number of benzene rings is 3. The molecule has 1 heterocycles. The standard InChI is InChI=1S/C26H21F6NO3S/c1-36-19-9-5-8-17(13-19)21-15-37-22-14-18(24(35,25(27,28)29)26(30,31)32)10-11-20(22)33(21)23(34)12-16-6-3-2-4-7-16/h2-11,13-14,21,35H,12,15H2,1H3. The third kappa shape index (κ3) is 5.02. The first-order valence-electron chi connectivity index (χ1n) is 11.0. The summed E-state index contributed by atoms with van der Waals surface area (Å²) in [5.74, 6) is 0.287. The molecule has 0 aliphatic carbocycles. The van der Waals surface area contributed by atoms with Crippen LogP contribution in [0.4, 0.5) is 32.0 Å². The largest absolute Gasteiger partial charge is 0.497 e. The molecule has 4 nitrogen and oxygen atoms in total. The van der Waals surface area contributed by atoms with Gasteiger partial charge in [-0.2, -0.15) is 26.3 Å². The molecule has 4 rings (SSSR count). The molecule has 3 aromatic carbocycles. The van der Waals surface area contributed by atoms with Crippen LogP contribution in [0.2, 0.25) is 0 Å². The zero-order valence-electron chi connectivity index (χ0n) is 19.3. The normalized spacial score (nSPS) is 16.3. The average molecular weight is 542 g/mol. The summed E-state index contributed by atoms with van der Waals surface area (Å²) in [7, 11) is 1.48. The third-order valence-electron chi connectivity index (χ3n) is 6.11. The van der Waals surface area contributed by atoms with Crippen LogP contribution in [-0.4, -0.2) is 36.2 Å². The van der Waals surface area contributed by atoms with Gasteiger partial charge in [-0.05, 0) is 35.4 Å². The molecular weight excluding hydrogens is 520 g/mol. The van der Waals surface area contributed by atoms with E-state index in [1.165, 1.54) is 12.0 Å². The second-order valence-electron chi connectivity index (χ2n) is 8.42. The van der Waals surface area contributed by atoms with Crippen LogP contribution < -0.4 is 9.64 Å². The number of methoxy groups -OCH3 is 1. The number of halogens is 6. The number of anilines is 1. The average Bonchev–Trinajstić information content (AvgIpc) is 2.86. The number of alkyl halides is 6. The summed E-state index contributed by atoms with van der Waals surface area (Å²) in [6, 6.07) is 17.4. The van der Waals surface area contributed by atoms with Crippen molar-refractivity contribution < 1.29 is 41.0 Å². The number of thioether (sulfide) groups is 1. The van der Waals surface area contributed by atoms with E-state index in [4.69, 9.17) is 4.74 Å². The van der Waals surface area contributed by atoms with E-state index in [0.29, 0.717) is 29.0 Å². The number of carbonyl (C=O) groups is 1.